The van der Waals surface area contributed by atoms with Gasteiger partial charge >= 0.3 is 5.69 Å². The maximum atomic E-state index is 13.4. The van der Waals surface area contributed by atoms with E-state index >= 15 is 0 Å². The molecule has 0 saturated heterocycles. The van der Waals surface area contributed by atoms with Crippen LogP contribution in [0.15, 0.2) is 88.5 Å². The second-order valence-corrected chi connectivity index (χ2v) is 8.17. The number of Topliss-reactive ketones (excluding diaryl/α,β-unsaturated/α-hetero) is 1. The van der Waals surface area contributed by atoms with Gasteiger partial charge in [-0.1, -0.05) is 42.5 Å². The van der Waals surface area contributed by atoms with E-state index in [9.17, 15) is 14.4 Å². The smallest absolute Gasteiger partial charge is 0.352 e. The van der Waals surface area contributed by atoms with Crippen molar-refractivity contribution in [2.24, 2.45) is 0 Å². The van der Waals surface area contributed by atoms with Gasteiger partial charge in [0.05, 0.1) is 17.5 Å². The molecule has 3 aromatic carbocycles. The number of benzene rings is 3. The van der Waals surface area contributed by atoms with Crippen LogP contribution in [0.25, 0.3) is 16.7 Å². The van der Waals surface area contributed by atoms with Crippen LogP contribution in [-0.2, 0) is 19.5 Å². The summed E-state index contributed by atoms with van der Waals surface area (Å²) in [6.45, 7) is 2.53. The normalized spacial score (nSPS) is 11.2. The lowest BCUT2D eigenvalue weighted by Gasteiger charge is -2.09. The van der Waals surface area contributed by atoms with Gasteiger partial charge in [-0.2, -0.15) is 0 Å². The highest BCUT2D eigenvalue weighted by molar-refractivity contribution is 5.96. The fraction of sp³-hybridized carbons (Fsp3) is 0.185. The van der Waals surface area contributed by atoms with Crippen molar-refractivity contribution in [1.29, 1.82) is 0 Å². The molecule has 0 spiro atoms. The number of ether oxygens (including phenoxy) is 1. The zero-order valence-electron chi connectivity index (χ0n) is 19.3. The summed E-state index contributed by atoms with van der Waals surface area (Å²) in [4.78, 5) is 39.6. The van der Waals surface area contributed by atoms with Crippen LogP contribution in [0.1, 0.15) is 22.8 Å². The monoisotopic (exact) mass is 468 g/mol. The van der Waals surface area contributed by atoms with Crippen LogP contribution < -0.4 is 16.0 Å². The van der Waals surface area contributed by atoms with Crippen molar-refractivity contribution in [1.82, 2.24) is 18.7 Å². The van der Waals surface area contributed by atoms with E-state index in [4.69, 9.17) is 4.74 Å². The van der Waals surface area contributed by atoms with Crippen molar-refractivity contribution in [2.75, 3.05) is 6.61 Å². The Labute approximate surface area is 200 Å². The number of aryl methyl sites for hydroxylation is 2. The molecule has 0 radical (unpaired) electrons. The summed E-state index contributed by atoms with van der Waals surface area (Å²) >= 11 is 0. The average molecular weight is 469 g/mol. The lowest BCUT2D eigenvalue weighted by Crippen LogP contribution is -2.28. The maximum absolute atomic E-state index is 13.4. The van der Waals surface area contributed by atoms with E-state index in [-0.39, 0.29) is 23.7 Å². The standard InChI is InChI=1S/C27H24N4O4/c1-2-35-21-14-12-20(13-15-21)24(32)18-30-27(34)31-23-11-7-6-10-22(23)25(33)29(26(31)28-30)17-16-19-8-4-3-5-9-19/h3-15H,2,16-18H2,1H3. The van der Waals surface area contributed by atoms with Crippen LogP contribution in [0.5, 0.6) is 5.75 Å². The minimum atomic E-state index is -0.469. The van der Waals surface area contributed by atoms with Gasteiger partial charge in [-0.3, -0.25) is 14.2 Å². The highest BCUT2D eigenvalue weighted by Crippen LogP contribution is 2.14. The molecule has 0 N–H and O–H groups in total. The first-order chi connectivity index (χ1) is 17.1. The van der Waals surface area contributed by atoms with E-state index in [0.717, 1.165) is 10.2 Å². The number of carbonyl (C=O) groups is 1. The molecule has 176 valence electrons. The van der Waals surface area contributed by atoms with Crippen LogP contribution in [0, 0.1) is 0 Å². The third-order valence-corrected chi connectivity index (χ3v) is 5.93. The largest absolute Gasteiger partial charge is 0.494 e. The van der Waals surface area contributed by atoms with Gasteiger partial charge in [0.15, 0.2) is 5.78 Å². The van der Waals surface area contributed by atoms with E-state index in [0.29, 0.717) is 41.8 Å². The van der Waals surface area contributed by atoms with E-state index in [1.807, 2.05) is 37.3 Å². The Morgan fingerprint density at radius 3 is 2.37 bits per heavy atom. The van der Waals surface area contributed by atoms with Gasteiger partial charge in [-0.05, 0) is 55.3 Å². The lowest BCUT2D eigenvalue weighted by molar-refractivity contribution is 0.0966. The molecule has 0 bridgehead atoms. The molecule has 5 rings (SSSR count). The first-order valence-electron chi connectivity index (χ1n) is 11.5. The van der Waals surface area contributed by atoms with E-state index in [1.54, 1.807) is 48.5 Å². The lowest BCUT2D eigenvalue weighted by atomic mass is 10.1. The molecular formula is C27H24N4O4. The molecule has 0 fully saturated rings. The first-order valence-corrected chi connectivity index (χ1v) is 11.5. The number of ketones is 1. The molecule has 5 aromatic rings. The number of fused-ring (bicyclic) bond motifs is 3. The molecule has 0 amide bonds. The maximum Gasteiger partial charge on any atom is 0.352 e. The second kappa shape index (κ2) is 9.42. The Morgan fingerprint density at radius 1 is 0.914 bits per heavy atom. The van der Waals surface area contributed by atoms with Gasteiger partial charge in [-0.15, -0.1) is 5.10 Å². The number of carbonyl (C=O) groups excluding carboxylic acids is 1. The molecule has 0 saturated carbocycles. The molecule has 8 heteroatoms. The summed E-state index contributed by atoms with van der Waals surface area (Å²) in [7, 11) is 0. The van der Waals surface area contributed by atoms with Crippen molar-refractivity contribution in [3.05, 3.63) is 111 Å². The zero-order valence-corrected chi connectivity index (χ0v) is 19.3. The van der Waals surface area contributed by atoms with Crippen LogP contribution >= 0.6 is 0 Å². The van der Waals surface area contributed by atoms with Crippen LogP contribution in [0.2, 0.25) is 0 Å². The molecule has 0 atom stereocenters. The number of hydrogen-bond acceptors (Lipinski definition) is 5. The number of rotatable bonds is 8. The molecule has 0 aliphatic carbocycles. The summed E-state index contributed by atoms with van der Waals surface area (Å²) in [5, 5.41) is 4.86. The third kappa shape index (κ3) is 4.26. The Bertz CT molecular complexity index is 1630. The Kier molecular flexibility index (Phi) is 6.01. The van der Waals surface area contributed by atoms with Gasteiger partial charge in [0.1, 0.15) is 12.3 Å². The van der Waals surface area contributed by atoms with Gasteiger partial charge in [0, 0.05) is 12.1 Å². The van der Waals surface area contributed by atoms with Gasteiger partial charge < -0.3 is 4.74 Å². The average Bonchev–Trinajstić information content (AvgIpc) is 3.20. The summed E-state index contributed by atoms with van der Waals surface area (Å²) in [6, 6.07) is 23.5. The van der Waals surface area contributed by atoms with Crippen LogP contribution in [-0.4, -0.2) is 31.1 Å². The Hall–Kier alpha value is -4.46. The Balaban J connectivity index is 1.56. The highest BCUT2D eigenvalue weighted by Gasteiger charge is 2.19. The zero-order chi connectivity index (χ0) is 24.4. The van der Waals surface area contributed by atoms with Crippen LogP contribution in [0.3, 0.4) is 0 Å². The fourth-order valence-corrected chi connectivity index (χ4v) is 4.19. The minimum absolute atomic E-state index is 0.217. The summed E-state index contributed by atoms with van der Waals surface area (Å²) in [5.41, 5.74) is 1.29. The minimum Gasteiger partial charge on any atom is -0.494 e. The predicted octanol–water partition coefficient (Wildman–Crippen LogP) is 3.34. The Morgan fingerprint density at radius 2 is 1.63 bits per heavy atom. The number of nitrogens with zero attached hydrogens (tertiary/aromatic N) is 4. The molecule has 0 aliphatic heterocycles. The van der Waals surface area contributed by atoms with Crippen molar-refractivity contribution in [2.45, 2.75) is 26.4 Å². The molecule has 0 aliphatic rings. The topological polar surface area (TPSA) is 87.6 Å². The van der Waals surface area contributed by atoms with Crippen molar-refractivity contribution < 1.29 is 9.53 Å². The molecule has 8 nitrogen and oxygen atoms in total. The van der Waals surface area contributed by atoms with Crippen molar-refractivity contribution in [3.8, 4) is 5.75 Å². The molecule has 35 heavy (non-hydrogen) atoms. The fourth-order valence-electron chi connectivity index (χ4n) is 4.19. The molecule has 2 aromatic heterocycles. The summed E-state index contributed by atoms with van der Waals surface area (Å²) in [6.07, 6.45) is 0.598. The van der Waals surface area contributed by atoms with Crippen molar-refractivity contribution in [3.63, 3.8) is 0 Å². The van der Waals surface area contributed by atoms with Gasteiger partial charge in [0.25, 0.3) is 5.56 Å². The van der Waals surface area contributed by atoms with E-state index in [1.165, 1.54) is 8.97 Å². The number of aromatic nitrogens is 4. The number of hydrogen-bond donors (Lipinski definition) is 0. The van der Waals surface area contributed by atoms with Crippen LogP contribution in [0.4, 0.5) is 0 Å². The van der Waals surface area contributed by atoms with Crippen molar-refractivity contribution >= 4 is 22.5 Å². The van der Waals surface area contributed by atoms with Gasteiger partial charge in [-0.25, -0.2) is 13.9 Å². The predicted molar refractivity (Wildman–Crippen MR) is 133 cm³/mol. The third-order valence-electron chi connectivity index (χ3n) is 5.93. The summed E-state index contributed by atoms with van der Waals surface area (Å²) in [5.74, 6) is 0.623. The highest BCUT2D eigenvalue weighted by atomic mass is 16.5. The second-order valence-electron chi connectivity index (χ2n) is 8.17. The molecular weight excluding hydrogens is 444 g/mol. The molecule has 0 unspecified atom stereocenters. The molecule has 2 heterocycles. The first kappa shape index (κ1) is 22.3. The summed E-state index contributed by atoms with van der Waals surface area (Å²) < 4.78 is 9.47. The quantitative estimate of drug-likeness (QED) is 0.326. The van der Waals surface area contributed by atoms with E-state index in [2.05, 4.69) is 5.10 Å². The van der Waals surface area contributed by atoms with Gasteiger partial charge in [0.2, 0.25) is 5.78 Å². The number of para-hydroxylation sites is 1. The SMILES string of the molecule is CCOc1ccc(C(=O)Cn2nc3n(CCc4ccccc4)c(=O)c4ccccc4n3c2=O)cc1. The van der Waals surface area contributed by atoms with E-state index < -0.39 is 5.69 Å².